The van der Waals surface area contributed by atoms with Gasteiger partial charge < -0.3 is 24.6 Å². The summed E-state index contributed by atoms with van der Waals surface area (Å²) in [5, 5.41) is 9.58. The number of hydrogen-bond acceptors (Lipinski definition) is 6. The summed E-state index contributed by atoms with van der Waals surface area (Å²) < 4.78 is 16.0. The van der Waals surface area contributed by atoms with Gasteiger partial charge in [-0.05, 0) is 50.2 Å². The molecule has 27 heavy (non-hydrogen) atoms. The highest BCUT2D eigenvalue weighted by atomic mass is 16.5. The summed E-state index contributed by atoms with van der Waals surface area (Å²) in [6.07, 6.45) is 0. The molecule has 7 nitrogen and oxygen atoms in total. The van der Waals surface area contributed by atoms with Crippen molar-refractivity contribution in [3.05, 3.63) is 60.4 Å². The number of carbonyl (C=O) groups excluding carboxylic acids is 1. The van der Waals surface area contributed by atoms with E-state index in [9.17, 15) is 4.79 Å². The number of aromatic nitrogens is 1. The first-order valence-electron chi connectivity index (χ1n) is 8.47. The van der Waals surface area contributed by atoms with Crippen molar-refractivity contribution in [2.75, 3.05) is 17.7 Å². The zero-order chi connectivity index (χ0) is 19.2. The Morgan fingerprint density at radius 2 is 1.81 bits per heavy atom. The summed E-state index contributed by atoms with van der Waals surface area (Å²) in [6.45, 7) is 3.53. The lowest BCUT2D eigenvalue weighted by atomic mass is 10.2. The monoisotopic (exact) mass is 367 g/mol. The number of ether oxygens (including phenoxy) is 2. The van der Waals surface area contributed by atoms with Crippen LogP contribution in [-0.4, -0.2) is 24.2 Å². The number of carbonyl (C=O) groups is 1. The van der Waals surface area contributed by atoms with Crippen LogP contribution in [0.1, 0.15) is 12.7 Å². The smallest absolute Gasteiger partial charge is 0.247 e. The van der Waals surface area contributed by atoms with E-state index in [-0.39, 0.29) is 5.91 Å². The zero-order valence-electron chi connectivity index (χ0n) is 15.4. The molecular formula is C20H21N3O4. The fourth-order valence-corrected chi connectivity index (χ4v) is 2.42. The topological polar surface area (TPSA) is 85.6 Å². The molecule has 0 spiro atoms. The molecule has 1 aromatic heterocycles. The molecule has 0 unspecified atom stereocenters. The lowest BCUT2D eigenvalue weighted by Gasteiger charge is -2.15. The van der Waals surface area contributed by atoms with Gasteiger partial charge in [0, 0.05) is 11.8 Å². The average molecular weight is 367 g/mol. The largest absolute Gasteiger partial charge is 0.493 e. The predicted molar refractivity (Wildman–Crippen MR) is 102 cm³/mol. The van der Waals surface area contributed by atoms with E-state index in [0.29, 0.717) is 28.8 Å². The molecule has 0 saturated heterocycles. The molecule has 7 heteroatoms. The Hall–Kier alpha value is -3.48. The first-order chi connectivity index (χ1) is 13.0. The molecule has 0 bridgehead atoms. The van der Waals surface area contributed by atoms with Crippen LogP contribution in [0, 0.1) is 6.92 Å². The number of anilines is 2. The van der Waals surface area contributed by atoms with E-state index >= 15 is 0 Å². The Bertz CT molecular complexity index is 906. The summed E-state index contributed by atoms with van der Waals surface area (Å²) in [6, 6.07) is 16.0. The molecule has 140 valence electrons. The number of para-hydroxylation sites is 2. The second-order valence-electron chi connectivity index (χ2n) is 5.96. The molecule has 2 N–H and O–H groups in total. The average Bonchev–Trinajstić information content (AvgIpc) is 3.08. The van der Waals surface area contributed by atoms with E-state index in [1.165, 1.54) is 0 Å². The number of hydrogen-bond donors (Lipinski definition) is 2. The highest BCUT2D eigenvalue weighted by molar-refractivity contribution is 5.95. The van der Waals surface area contributed by atoms with Crippen molar-refractivity contribution < 1.29 is 18.8 Å². The number of amides is 1. The van der Waals surface area contributed by atoms with Crippen LogP contribution in [0.5, 0.6) is 17.2 Å². The van der Waals surface area contributed by atoms with Crippen LogP contribution in [0.2, 0.25) is 0 Å². The van der Waals surface area contributed by atoms with Gasteiger partial charge in [-0.25, -0.2) is 0 Å². The minimum atomic E-state index is -0.456. The van der Waals surface area contributed by atoms with E-state index in [0.717, 1.165) is 5.69 Å². The number of nitrogens with one attached hydrogen (secondary N) is 2. The first-order valence-corrected chi connectivity index (χ1v) is 8.47. The maximum absolute atomic E-state index is 12.2. The minimum absolute atomic E-state index is 0.211. The standard InChI is InChI=1S/C20H21N3O4/c1-13-12-19(23-27-13)22-20(24)14(2)21-15-8-10-16(11-9-15)26-18-7-5-4-6-17(18)25-3/h4-12,14,21H,1-3H3,(H,22,23,24)/t14-/m0/s1. The van der Waals surface area contributed by atoms with Gasteiger partial charge in [0.15, 0.2) is 17.3 Å². The summed E-state index contributed by atoms with van der Waals surface area (Å²) >= 11 is 0. The third kappa shape index (κ3) is 4.78. The van der Waals surface area contributed by atoms with E-state index < -0.39 is 6.04 Å². The maximum Gasteiger partial charge on any atom is 0.247 e. The van der Waals surface area contributed by atoms with Crippen LogP contribution in [0.15, 0.2) is 59.1 Å². The Morgan fingerprint density at radius 3 is 2.44 bits per heavy atom. The van der Waals surface area contributed by atoms with Crippen molar-refractivity contribution in [2.24, 2.45) is 0 Å². The number of nitrogens with zero attached hydrogens (tertiary/aromatic N) is 1. The second kappa shape index (κ2) is 8.27. The molecule has 0 radical (unpaired) electrons. The molecule has 1 amide bonds. The number of aryl methyl sites for hydroxylation is 1. The van der Waals surface area contributed by atoms with E-state index in [1.807, 2.05) is 48.5 Å². The van der Waals surface area contributed by atoms with Crippen LogP contribution in [0.4, 0.5) is 11.5 Å². The Morgan fingerprint density at radius 1 is 1.11 bits per heavy atom. The summed E-state index contributed by atoms with van der Waals surface area (Å²) in [5.41, 5.74) is 0.793. The summed E-state index contributed by atoms with van der Waals surface area (Å²) in [4.78, 5) is 12.2. The van der Waals surface area contributed by atoms with Crippen molar-refractivity contribution in [1.29, 1.82) is 0 Å². The van der Waals surface area contributed by atoms with Crippen molar-refractivity contribution >= 4 is 17.4 Å². The van der Waals surface area contributed by atoms with Gasteiger partial charge in [0.25, 0.3) is 0 Å². The Kier molecular flexibility index (Phi) is 5.61. The molecule has 0 aliphatic heterocycles. The van der Waals surface area contributed by atoms with Gasteiger partial charge in [-0.2, -0.15) is 0 Å². The molecule has 0 aliphatic carbocycles. The minimum Gasteiger partial charge on any atom is -0.493 e. The van der Waals surface area contributed by atoms with Gasteiger partial charge in [0.1, 0.15) is 17.6 Å². The summed E-state index contributed by atoms with van der Waals surface area (Å²) in [5.74, 6) is 2.78. The van der Waals surface area contributed by atoms with Crippen molar-refractivity contribution in [2.45, 2.75) is 19.9 Å². The van der Waals surface area contributed by atoms with Gasteiger partial charge in [-0.15, -0.1) is 0 Å². The number of rotatable bonds is 7. The van der Waals surface area contributed by atoms with Gasteiger partial charge in [-0.1, -0.05) is 17.3 Å². The molecule has 2 aromatic carbocycles. The van der Waals surface area contributed by atoms with Crippen molar-refractivity contribution in [3.63, 3.8) is 0 Å². The summed E-state index contributed by atoms with van der Waals surface area (Å²) in [7, 11) is 1.60. The third-order valence-electron chi connectivity index (χ3n) is 3.81. The van der Waals surface area contributed by atoms with E-state index in [4.69, 9.17) is 14.0 Å². The SMILES string of the molecule is COc1ccccc1Oc1ccc(N[C@@H](C)C(=O)Nc2cc(C)on2)cc1. The molecule has 1 heterocycles. The molecular weight excluding hydrogens is 346 g/mol. The van der Waals surface area contributed by atoms with Gasteiger partial charge in [-0.3, -0.25) is 4.79 Å². The highest BCUT2D eigenvalue weighted by Gasteiger charge is 2.14. The van der Waals surface area contributed by atoms with Crippen LogP contribution in [0.25, 0.3) is 0 Å². The molecule has 1 atom stereocenters. The first kappa shape index (κ1) is 18.3. The number of benzene rings is 2. The normalized spacial score (nSPS) is 11.5. The highest BCUT2D eigenvalue weighted by Crippen LogP contribution is 2.31. The fourth-order valence-electron chi connectivity index (χ4n) is 2.42. The lowest BCUT2D eigenvalue weighted by molar-refractivity contribution is -0.116. The zero-order valence-corrected chi connectivity index (χ0v) is 15.4. The predicted octanol–water partition coefficient (Wildman–Crippen LogP) is 4.22. The molecule has 0 fully saturated rings. The van der Waals surface area contributed by atoms with E-state index in [2.05, 4.69) is 15.8 Å². The Labute approximate surface area is 157 Å². The van der Waals surface area contributed by atoms with Crippen LogP contribution in [-0.2, 0) is 4.79 Å². The van der Waals surface area contributed by atoms with Crippen LogP contribution >= 0.6 is 0 Å². The van der Waals surface area contributed by atoms with Gasteiger partial charge in [0.2, 0.25) is 5.91 Å². The molecule has 0 saturated carbocycles. The molecule has 3 aromatic rings. The van der Waals surface area contributed by atoms with Gasteiger partial charge >= 0.3 is 0 Å². The van der Waals surface area contributed by atoms with Crippen molar-refractivity contribution in [3.8, 4) is 17.2 Å². The second-order valence-corrected chi connectivity index (χ2v) is 5.96. The fraction of sp³-hybridized carbons (Fsp3) is 0.200. The van der Waals surface area contributed by atoms with Gasteiger partial charge in [0.05, 0.1) is 7.11 Å². The van der Waals surface area contributed by atoms with Crippen LogP contribution < -0.4 is 20.1 Å². The lowest BCUT2D eigenvalue weighted by Crippen LogP contribution is -2.31. The quantitative estimate of drug-likeness (QED) is 0.650. The van der Waals surface area contributed by atoms with E-state index in [1.54, 1.807) is 27.0 Å². The third-order valence-corrected chi connectivity index (χ3v) is 3.81. The molecule has 0 aliphatic rings. The van der Waals surface area contributed by atoms with Crippen molar-refractivity contribution in [1.82, 2.24) is 5.16 Å². The van der Waals surface area contributed by atoms with Crippen LogP contribution in [0.3, 0.4) is 0 Å². The number of methoxy groups -OCH3 is 1. The molecule has 3 rings (SSSR count). The Balaban J connectivity index is 1.59. The maximum atomic E-state index is 12.2.